The summed E-state index contributed by atoms with van der Waals surface area (Å²) >= 11 is 4.83. The second-order valence-corrected chi connectivity index (χ2v) is 13.7. The normalized spacial score (nSPS) is 12.1. The average molecular weight is 372 g/mol. The van der Waals surface area contributed by atoms with Gasteiger partial charge in [-0.2, -0.15) is 0 Å². The number of ether oxygens (including phenoxy) is 1. The standard InChI is InChI=1S/C14H18BrNO2SSi/c1-16-12(10-11-6-7-13(15)19-11)14(17)18-8-5-9-20(2,3)4/h6-7,10H,5,8-9H2,2-4H3/b12-10-. The SMILES string of the molecule is [C-]#[N+]/C(=C\c1ccc(Br)s1)C(=O)OCCC[Si](C)(C)C. The third-order valence-electron chi connectivity index (χ3n) is 2.51. The van der Waals surface area contributed by atoms with E-state index in [9.17, 15) is 4.79 Å². The van der Waals surface area contributed by atoms with Crippen molar-refractivity contribution in [1.29, 1.82) is 0 Å². The summed E-state index contributed by atoms with van der Waals surface area (Å²) in [5.41, 5.74) is 0.0346. The number of thiophene rings is 1. The van der Waals surface area contributed by atoms with Crippen molar-refractivity contribution in [2.45, 2.75) is 32.1 Å². The van der Waals surface area contributed by atoms with Gasteiger partial charge in [0.25, 0.3) is 5.70 Å². The monoisotopic (exact) mass is 371 g/mol. The van der Waals surface area contributed by atoms with Gasteiger partial charge in [-0.3, -0.25) is 4.79 Å². The Morgan fingerprint density at radius 2 is 2.20 bits per heavy atom. The molecule has 0 saturated heterocycles. The van der Waals surface area contributed by atoms with E-state index in [0.29, 0.717) is 6.61 Å². The molecule has 108 valence electrons. The zero-order chi connectivity index (χ0) is 15.2. The van der Waals surface area contributed by atoms with E-state index in [1.165, 1.54) is 11.3 Å². The molecule has 0 spiro atoms. The average Bonchev–Trinajstić information content (AvgIpc) is 2.76. The molecule has 0 atom stereocenters. The van der Waals surface area contributed by atoms with Gasteiger partial charge in [-0.25, -0.2) is 4.85 Å². The Morgan fingerprint density at radius 1 is 1.50 bits per heavy atom. The van der Waals surface area contributed by atoms with E-state index in [4.69, 9.17) is 11.3 Å². The number of esters is 1. The minimum atomic E-state index is -1.09. The molecule has 0 fully saturated rings. The van der Waals surface area contributed by atoms with Crippen LogP contribution in [-0.2, 0) is 9.53 Å². The molecule has 20 heavy (non-hydrogen) atoms. The number of carbonyl (C=O) groups is 1. The third kappa shape index (κ3) is 6.50. The number of rotatable bonds is 6. The maximum absolute atomic E-state index is 11.8. The molecule has 1 aromatic heterocycles. The fourth-order valence-corrected chi connectivity index (χ4v) is 4.08. The number of nitrogens with zero attached hydrogens (tertiary/aromatic N) is 1. The zero-order valence-corrected chi connectivity index (χ0v) is 15.3. The van der Waals surface area contributed by atoms with Crippen LogP contribution in [0, 0.1) is 6.57 Å². The molecule has 1 rings (SSSR count). The molecule has 0 radical (unpaired) electrons. The van der Waals surface area contributed by atoms with E-state index in [2.05, 4.69) is 40.4 Å². The molecule has 1 heterocycles. The lowest BCUT2D eigenvalue weighted by molar-refractivity contribution is -0.138. The van der Waals surface area contributed by atoms with Gasteiger partial charge in [-0.15, -0.1) is 11.3 Å². The minimum Gasteiger partial charge on any atom is -0.471 e. The van der Waals surface area contributed by atoms with Crippen LogP contribution in [0.25, 0.3) is 10.9 Å². The quantitative estimate of drug-likeness (QED) is 0.230. The van der Waals surface area contributed by atoms with Crippen LogP contribution in [0.2, 0.25) is 25.7 Å². The highest BCUT2D eigenvalue weighted by molar-refractivity contribution is 9.11. The van der Waals surface area contributed by atoms with Crippen molar-refractivity contribution < 1.29 is 9.53 Å². The lowest BCUT2D eigenvalue weighted by Crippen LogP contribution is -2.20. The number of halogens is 1. The smallest absolute Gasteiger partial charge is 0.336 e. The third-order valence-corrected chi connectivity index (χ3v) is 5.93. The van der Waals surface area contributed by atoms with Crippen molar-refractivity contribution in [2.24, 2.45) is 0 Å². The van der Waals surface area contributed by atoms with Gasteiger partial charge in [0, 0.05) is 13.0 Å². The van der Waals surface area contributed by atoms with Crippen LogP contribution in [-0.4, -0.2) is 20.7 Å². The van der Waals surface area contributed by atoms with Crippen molar-refractivity contribution in [3.63, 3.8) is 0 Å². The van der Waals surface area contributed by atoms with Crippen LogP contribution in [0.5, 0.6) is 0 Å². The van der Waals surface area contributed by atoms with Crippen LogP contribution in [0.15, 0.2) is 21.6 Å². The summed E-state index contributed by atoms with van der Waals surface area (Å²) in [6.07, 6.45) is 2.45. The summed E-state index contributed by atoms with van der Waals surface area (Å²) in [6.45, 7) is 14.3. The summed E-state index contributed by atoms with van der Waals surface area (Å²) in [5.74, 6) is -0.528. The summed E-state index contributed by atoms with van der Waals surface area (Å²) in [6, 6.07) is 4.87. The largest absolute Gasteiger partial charge is 0.471 e. The van der Waals surface area contributed by atoms with E-state index in [-0.39, 0.29) is 5.70 Å². The van der Waals surface area contributed by atoms with Gasteiger partial charge in [0.05, 0.1) is 17.0 Å². The Hall–Kier alpha value is -0.903. The van der Waals surface area contributed by atoms with Gasteiger partial charge < -0.3 is 4.74 Å². The van der Waals surface area contributed by atoms with E-state index in [0.717, 1.165) is 21.1 Å². The van der Waals surface area contributed by atoms with Gasteiger partial charge in [0.2, 0.25) is 0 Å². The van der Waals surface area contributed by atoms with Crippen molar-refractivity contribution >= 4 is 47.4 Å². The predicted octanol–water partition coefficient (Wildman–Crippen LogP) is 5.04. The second kappa shape index (κ2) is 7.77. The van der Waals surface area contributed by atoms with Crippen molar-refractivity contribution in [1.82, 2.24) is 0 Å². The molecule has 0 aliphatic carbocycles. The number of hydrogen-bond donors (Lipinski definition) is 0. The molecule has 0 unspecified atom stereocenters. The van der Waals surface area contributed by atoms with E-state index in [1.54, 1.807) is 6.08 Å². The Kier molecular flexibility index (Phi) is 6.66. The molecular formula is C14H18BrNO2SSi. The molecule has 6 heteroatoms. The van der Waals surface area contributed by atoms with Gasteiger partial charge in [-0.05, 0) is 40.6 Å². The van der Waals surface area contributed by atoms with Gasteiger partial charge in [0.15, 0.2) is 0 Å². The Balaban J connectivity index is 2.52. The van der Waals surface area contributed by atoms with Gasteiger partial charge in [0.1, 0.15) is 0 Å². The number of hydrogen-bond acceptors (Lipinski definition) is 3. The highest BCUT2D eigenvalue weighted by Gasteiger charge is 2.15. The summed E-state index contributed by atoms with van der Waals surface area (Å²) < 4.78 is 6.13. The predicted molar refractivity (Wildman–Crippen MR) is 90.3 cm³/mol. The first kappa shape index (κ1) is 17.1. The van der Waals surface area contributed by atoms with E-state index in [1.807, 2.05) is 12.1 Å². The molecule has 1 aromatic rings. The van der Waals surface area contributed by atoms with Crippen molar-refractivity contribution in [3.05, 3.63) is 37.9 Å². The fourth-order valence-electron chi connectivity index (χ4n) is 1.52. The molecule has 0 aromatic carbocycles. The fraction of sp³-hybridized carbons (Fsp3) is 0.429. The second-order valence-electron chi connectivity index (χ2n) is 5.58. The Bertz CT molecular complexity index is 540. The molecule has 0 bridgehead atoms. The van der Waals surface area contributed by atoms with Crippen molar-refractivity contribution in [2.75, 3.05) is 6.61 Å². The first-order chi connectivity index (χ1) is 9.31. The van der Waals surface area contributed by atoms with Crippen LogP contribution < -0.4 is 0 Å². The van der Waals surface area contributed by atoms with Crippen LogP contribution in [0.1, 0.15) is 11.3 Å². The summed E-state index contributed by atoms with van der Waals surface area (Å²) in [7, 11) is -1.09. The molecular weight excluding hydrogens is 354 g/mol. The molecule has 3 nitrogen and oxygen atoms in total. The lowest BCUT2D eigenvalue weighted by Gasteiger charge is -2.14. The van der Waals surface area contributed by atoms with Crippen LogP contribution >= 0.6 is 27.3 Å². The maximum Gasteiger partial charge on any atom is 0.336 e. The highest BCUT2D eigenvalue weighted by Crippen LogP contribution is 2.24. The molecule has 0 N–H and O–H groups in total. The topological polar surface area (TPSA) is 30.7 Å². The first-order valence-corrected chi connectivity index (χ1v) is 11.6. The Morgan fingerprint density at radius 3 is 2.70 bits per heavy atom. The summed E-state index contributed by atoms with van der Waals surface area (Å²) in [4.78, 5) is 15.9. The molecule has 0 saturated carbocycles. The van der Waals surface area contributed by atoms with E-state index < -0.39 is 14.0 Å². The molecule has 0 aliphatic heterocycles. The summed E-state index contributed by atoms with van der Waals surface area (Å²) in [5, 5.41) is 0. The first-order valence-electron chi connectivity index (χ1n) is 6.33. The van der Waals surface area contributed by atoms with Crippen LogP contribution in [0.3, 0.4) is 0 Å². The minimum absolute atomic E-state index is 0.0346. The zero-order valence-electron chi connectivity index (χ0n) is 11.9. The van der Waals surface area contributed by atoms with Gasteiger partial charge >= 0.3 is 5.97 Å². The Labute approximate surface area is 133 Å². The molecule has 0 aliphatic rings. The van der Waals surface area contributed by atoms with Crippen molar-refractivity contribution in [3.8, 4) is 0 Å². The van der Waals surface area contributed by atoms with E-state index >= 15 is 0 Å². The number of carbonyl (C=O) groups excluding carboxylic acids is 1. The highest BCUT2D eigenvalue weighted by atomic mass is 79.9. The molecule has 0 amide bonds. The maximum atomic E-state index is 11.8. The van der Waals surface area contributed by atoms with Gasteiger partial charge in [-0.1, -0.05) is 25.7 Å². The van der Waals surface area contributed by atoms with Crippen LogP contribution in [0.4, 0.5) is 0 Å². The lowest BCUT2D eigenvalue weighted by atomic mass is 10.3.